The monoisotopic (exact) mass is 272 g/mol. The van der Waals surface area contributed by atoms with Crippen molar-refractivity contribution < 1.29 is 8.42 Å². The molecule has 1 aromatic rings. The third kappa shape index (κ3) is 3.09. The zero-order valence-electron chi connectivity index (χ0n) is 10.8. The fraction of sp³-hybridized carbons (Fsp3) is 0.727. The second-order valence-electron chi connectivity index (χ2n) is 4.91. The molecule has 1 aliphatic rings. The Labute approximate surface area is 108 Å². The Morgan fingerprint density at radius 3 is 3.00 bits per heavy atom. The molecule has 2 atom stereocenters. The van der Waals surface area contributed by atoms with Crippen LogP contribution >= 0.6 is 0 Å². The topological polar surface area (TPSA) is 76.0 Å². The summed E-state index contributed by atoms with van der Waals surface area (Å²) in [6, 6.07) is 0.206. The van der Waals surface area contributed by atoms with Crippen LogP contribution in [0.25, 0.3) is 0 Å². The Morgan fingerprint density at radius 1 is 1.61 bits per heavy atom. The van der Waals surface area contributed by atoms with Crippen molar-refractivity contribution in [1.29, 1.82) is 0 Å². The lowest BCUT2D eigenvalue weighted by Crippen LogP contribution is -2.47. The molecular weight excluding hydrogens is 252 g/mol. The number of nitrogens with zero attached hydrogens (tertiary/aromatic N) is 2. The van der Waals surface area contributed by atoms with E-state index in [0.717, 1.165) is 19.4 Å². The molecule has 2 heterocycles. The normalized spacial score (nSPS) is 25.2. The summed E-state index contributed by atoms with van der Waals surface area (Å²) in [6.45, 7) is 3.52. The molecule has 6 nitrogen and oxygen atoms in total. The number of piperidine rings is 1. The van der Waals surface area contributed by atoms with Gasteiger partial charge in [-0.2, -0.15) is 0 Å². The fourth-order valence-electron chi connectivity index (χ4n) is 2.19. The molecule has 2 rings (SSSR count). The molecule has 1 saturated heterocycles. The van der Waals surface area contributed by atoms with Gasteiger partial charge in [0, 0.05) is 25.8 Å². The number of aryl methyl sites for hydroxylation is 1. The Kier molecular flexibility index (Phi) is 4.04. The lowest BCUT2D eigenvalue weighted by Gasteiger charge is -2.29. The second kappa shape index (κ2) is 5.38. The van der Waals surface area contributed by atoms with Crippen LogP contribution in [0.15, 0.2) is 17.6 Å². The number of aromatic nitrogens is 2. The lowest BCUT2D eigenvalue weighted by atomic mass is 9.93. The van der Waals surface area contributed by atoms with Crippen LogP contribution in [0.2, 0.25) is 0 Å². The SMILES string of the molecule is CC1CCCNC1CNS(=O)(=O)c1cn(C)cn1. The van der Waals surface area contributed by atoms with Crippen molar-refractivity contribution in [2.24, 2.45) is 13.0 Å². The average molecular weight is 272 g/mol. The van der Waals surface area contributed by atoms with Crippen LogP contribution in [0, 0.1) is 5.92 Å². The minimum Gasteiger partial charge on any atom is -0.339 e. The van der Waals surface area contributed by atoms with Gasteiger partial charge in [0.25, 0.3) is 10.0 Å². The zero-order valence-corrected chi connectivity index (χ0v) is 11.6. The highest BCUT2D eigenvalue weighted by atomic mass is 32.2. The van der Waals surface area contributed by atoms with Gasteiger partial charge < -0.3 is 9.88 Å². The molecule has 0 aromatic carbocycles. The van der Waals surface area contributed by atoms with E-state index in [-0.39, 0.29) is 11.1 Å². The van der Waals surface area contributed by atoms with Crippen molar-refractivity contribution in [3.8, 4) is 0 Å². The highest BCUT2D eigenvalue weighted by molar-refractivity contribution is 7.89. The average Bonchev–Trinajstić information content (AvgIpc) is 2.76. The summed E-state index contributed by atoms with van der Waals surface area (Å²) < 4.78 is 28.2. The number of hydrogen-bond acceptors (Lipinski definition) is 4. The minimum absolute atomic E-state index is 0.0773. The van der Waals surface area contributed by atoms with Gasteiger partial charge in [-0.15, -0.1) is 0 Å². The van der Waals surface area contributed by atoms with Gasteiger partial charge in [-0.1, -0.05) is 6.92 Å². The molecule has 1 aliphatic heterocycles. The number of nitrogens with one attached hydrogen (secondary N) is 2. The van der Waals surface area contributed by atoms with Gasteiger partial charge in [0.15, 0.2) is 5.03 Å². The number of hydrogen-bond donors (Lipinski definition) is 2. The number of imidazole rings is 1. The van der Waals surface area contributed by atoms with Crippen molar-refractivity contribution in [1.82, 2.24) is 19.6 Å². The van der Waals surface area contributed by atoms with Crippen molar-refractivity contribution in [2.75, 3.05) is 13.1 Å². The molecule has 0 spiro atoms. The first-order valence-electron chi connectivity index (χ1n) is 6.20. The molecule has 0 aliphatic carbocycles. The number of sulfonamides is 1. The quantitative estimate of drug-likeness (QED) is 0.814. The third-order valence-electron chi connectivity index (χ3n) is 3.38. The first-order valence-corrected chi connectivity index (χ1v) is 7.68. The van der Waals surface area contributed by atoms with E-state index >= 15 is 0 Å². The van der Waals surface area contributed by atoms with E-state index in [0.29, 0.717) is 12.5 Å². The zero-order chi connectivity index (χ0) is 13.2. The predicted octanol–water partition coefficient (Wildman–Crippen LogP) is 0.0865. The van der Waals surface area contributed by atoms with Crippen molar-refractivity contribution >= 4 is 10.0 Å². The third-order valence-corrected chi connectivity index (χ3v) is 4.69. The smallest absolute Gasteiger partial charge is 0.259 e. The van der Waals surface area contributed by atoms with Gasteiger partial charge in [0.1, 0.15) is 0 Å². The van der Waals surface area contributed by atoms with Crippen molar-refractivity contribution in [3.05, 3.63) is 12.5 Å². The molecule has 102 valence electrons. The van der Waals surface area contributed by atoms with E-state index < -0.39 is 10.0 Å². The first-order chi connectivity index (χ1) is 8.49. The summed E-state index contributed by atoms with van der Waals surface area (Å²) in [5.41, 5.74) is 0. The molecule has 1 aromatic heterocycles. The summed E-state index contributed by atoms with van der Waals surface area (Å²) in [5.74, 6) is 0.491. The van der Waals surface area contributed by atoms with E-state index in [2.05, 4.69) is 21.9 Å². The van der Waals surface area contributed by atoms with Crippen molar-refractivity contribution in [2.45, 2.75) is 30.8 Å². The van der Waals surface area contributed by atoms with Crippen LogP contribution < -0.4 is 10.0 Å². The Balaban J connectivity index is 1.96. The molecule has 1 fully saturated rings. The predicted molar refractivity (Wildman–Crippen MR) is 68.6 cm³/mol. The summed E-state index contributed by atoms with van der Waals surface area (Å²) in [5, 5.41) is 3.42. The number of rotatable bonds is 4. The van der Waals surface area contributed by atoms with Crippen LogP contribution in [-0.2, 0) is 17.1 Å². The van der Waals surface area contributed by atoms with Gasteiger partial charge in [-0.3, -0.25) is 0 Å². The van der Waals surface area contributed by atoms with E-state index in [9.17, 15) is 8.42 Å². The molecule has 0 amide bonds. The van der Waals surface area contributed by atoms with Crippen LogP contribution in [-0.4, -0.2) is 37.1 Å². The first kappa shape index (κ1) is 13.5. The fourth-order valence-corrected chi connectivity index (χ4v) is 3.23. The highest BCUT2D eigenvalue weighted by Gasteiger charge is 2.24. The largest absolute Gasteiger partial charge is 0.339 e. The summed E-state index contributed by atoms with van der Waals surface area (Å²) in [4.78, 5) is 3.86. The summed E-state index contributed by atoms with van der Waals surface area (Å²) >= 11 is 0. The van der Waals surface area contributed by atoms with Crippen LogP contribution in [0.4, 0.5) is 0 Å². The molecular formula is C11H20N4O2S. The molecule has 0 radical (unpaired) electrons. The van der Waals surface area contributed by atoms with Crippen molar-refractivity contribution in [3.63, 3.8) is 0 Å². The Bertz CT molecular complexity index is 497. The Hall–Kier alpha value is -0.920. The van der Waals surface area contributed by atoms with E-state index in [1.165, 1.54) is 12.5 Å². The summed E-state index contributed by atoms with van der Waals surface area (Å²) in [6.07, 6.45) is 5.28. The van der Waals surface area contributed by atoms with Gasteiger partial charge in [-0.25, -0.2) is 18.1 Å². The van der Waals surface area contributed by atoms with Crippen LogP contribution in [0.3, 0.4) is 0 Å². The van der Waals surface area contributed by atoms with Gasteiger partial charge in [0.2, 0.25) is 0 Å². The van der Waals surface area contributed by atoms with Gasteiger partial charge >= 0.3 is 0 Å². The van der Waals surface area contributed by atoms with E-state index in [1.807, 2.05) is 0 Å². The minimum atomic E-state index is -3.48. The molecule has 0 saturated carbocycles. The molecule has 2 N–H and O–H groups in total. The molecule has 2 unspecified atom stereocenters. The van der Waals surface area contributed by atoms with Crippen LogP contribution in [0.1, 0.15) is 19.8 Å². The van der Waals surface area contributed by atoms with E-state index in [1.54, 1.807) is 11.6 Å². The Morgan fingerprint density at radius 2 is 2.39 bits per heavy atom. The lowest BCUT2D eigenvalue weighted by molar-refractivity contribution is 0.300. The van der Waals surface area contributed by atoms with Crippen LogP contribution in [0.5, 0.6) is 0 Å². The maximum Gasteiger partial charge on any atom is 0.259 e. The van der Waals surface area contributed by atoms with Gasteiger partial charge in [-0.05, 0) is 25.3 Å². The molecule has 0 bridgehead atoms. The molecule has 18 heavy (non-hydrogen) atoms. The second-order valence-corrected chi connectivity index (χ2v) is 6.62. The standard InChI is InChI=1S/C11H20N4O2S/c1-9-4-3-5-12-10(9)6-14-18(16,17)11-7-15(2)8-13-11/h7-10,12,14H,3-6H2,1-2H3. The van der Waals surface area contributed by atoms with E-state index in [4.69, 9.17) is 0 Å². The highest BCUT2D eigenvalue weighted by Crippen LogP contribution is 2.15. The van der Waals surface area contributed by atoms with Gasteiger partial charge in [0.05, 0.1) is 6.33 Å². The summed E-state index contributed by atoms with van der Waals surface area (Å²) in [7, 11) is -1.74. The maximum absolute atomic E-state index is 12.0. The maximum atomic E-state index is 12.0. The molecule has 7 heteroatoms.